The number of carbonyl (C=O) groups is 1. The Balaban J connectivity index is 2.29. The van der Waals surface area contributed by atoms with E-state index < -0.39 is 0 Å². The van der Waals surface area contributed by atoms with Gasteiger partial charge in [0.1, 0.15) is 12.4 Å². The van der Waals surface area contributed by atoms with Gasteiger partial charge in [-0.15, -0.1) is 0 Å². The van der Waals surface area contributed by atoms with Crippen molar-refractivity contribution < 1.29 is 9.90 Å². The molecule has 1 amide bonds. The molecule has 0 aliphatic rings. The molecule has 1 aromatic carbocycles. The molecule has 1 aromatic heterocycles. The summed E-state index contributed by atoms with van der Waals surface area (Å²) in [6, 6.07) is 5.35. The highest BCUT2D eigenvalue weighted by Gasteiger charge is 2.12. The minimum absolute atomic E-state index is 0.245. The number of aliphatic hydroxyl groups is 1. The molecule has 0 unspecified atom stereocenters. The Morgan fingerprint density at radius 1 is 1.45 bits per heavy atom. The first-order valence-corrected chi connectivity index (χ1v) is 6.69. The van der Waals surface area contributed by atoms with Crippen LogP contribution in [-0.2, 0) is 0 Å². The van der Waals surface area contributed by atoms with E-state index in [1.807, 2.05) is 19.1 Å². The zero-order valence-electron chi connectivity index (χ0n) is 11.1. The Labute approximate surface area is 120 Å². The Hall–Kier alpha value is -2.23. The second-order valence-corrected chi connectivity index (χ2v) is 4.86. The number of amides is 1. The summed E-state index contributed by atoms with van der Waals surface area (Å²) in [5, 5.41) is 11.9. The fraction of sp³-hybridized carbons (Fsp3) is 0.214. The Morgan fingerprint density at radius 2 is 2.25 bits per heavy atom. The van der Waals surface area contributed by atoms with Gasteiger partial charge in [-0.3, -0.25) is 10.1 Å². The predicted octanol–water partition coefficient (Wildman–Crippen LogP) is 1.75. The van der Waals surface area contributed by atoms with E-state index >= 15 is 0 Å². The lowest BCUT2D eigenvalue weighted by molar-refractivity contribution is 0.102. The van der Waals surface area contributed by atoms with E-state index in [2.05, 4.69) is 26.5 Å². The number of rotatable bonds is 2. The molecule has 20 heavy (non-hydrogen) atoms. The van der Waals surface area contributed by atoms with Crippen LogP contribution in [0, 0.1) is 25.7 Å². The molecule has 0 saturated carbocycles. The van der Waals surface area contributed by atoms with E-state index in [1.54, 1.807) is 13.0 Å². The largest absolute Gasteiger partial charge is 0.384 e. The third-order valence-corrected chi connectivity index (χ3v) is 3.19. The molecule has 0 aliphatic carbocycles. The van der Waals surface area contributed by atoms with Crippen molar-refractivity contribution >= 4 is 22.6 Å². The first-order valence-electron chi connectivity index (χ1n) is 5.92. The monoisotopic (exact) mass is 287 g/mol. The summed E-state index contributed by atoms with van der Waals surface area (Å²) in [5.74, 6) is 5.67. The average molecular weight is 287 g/mol. The smallest absolute Gasteiger partial charge is 0.258 e. The lowest BCUT2D eigenvalue weighted by Crippen LogP contribution is -2.13. The number of carbonyl (C=O) groups excluding carboxylic acids is 1. The first-order chi connectivity index (χ1) is 9.60. The van der Waals surface area contributed by atoms with Crippen molar-refractivity contribution in [3.05, 3.63) is 40.7 Å². The molecular weight excluding hydrogens is 274 g/mol. The molecule has 0 aliphatic heterocycles. The van der Waals surface area contributed by atoms with E-state index in [0.717, 1.165) is 17.1 Å². The van der Waals surface area contributed by atoms with Crippen LogP contribution in [0.5, 0.6) is 0 Å². The van der Waals surface area contributed by atoms with Crippen molar-refractivity contribution in [3.8, 4) is 11.8 Å². The van der Waals surface area contributed by atoms with Gasteiger partial charge in [0.25, 0.3) is 5.91 Å². The fourth-order valence-electron chi connectivity index (χ4n) is 1.61. The van der Waals surface area contributed by atoms with Crippen LogP contribution in [0.15, 0.2) is 18.2 Å². The van der Waals surface area contributed by atoms with Crippen molar-refractivity contribution in [1.29, 1.82) is 0 Å². The summed E-state index contributed by atoms with van der Waals surface area (Å²) in [5.41, 5.74) is 2.03. The van der Waals surface area contributed by atoms with Crippen molar-refractivity contribution in [2.45, 2.75) is 13.8 Å². The summed E-state index contributed by atoms with van der Waals surface area (Å²) in [6.07, 6.45) is 0. The lowest BCUT2D eigenvalue weighted by Gasteiger charge is -2.05. The molecule has 0 saturated heterocycles. The molecule has 2 N–H and O–H groups in total. The van der Waals surface area contributed by atoms with Gasteiger partial charge in [-0.1, -0.05) is 17.9 Å². The molecule has 0 spiro atoms. The van der Waals surface area contributed by atoms with Gasteiger partial charge in [0.2, 0.25) is 5.13 Å². The predicted molar refractivity (Wildman–Crippen MR) is 77.7 cm³/mol. The summed E-state index contributed by atoms with van der Waals surface area (Å²) >= 11 is 1.13. The zero-order valence-corrected chi connectivity index (χ0v) is 11.9. The molecule has 5 nitrogen and oxygen atoms in total. The Morgan fingerprint density at radius 3 is 2.90 bits per heavy atom. The van der Waals surface area contributed by atoms with Gasteiger partial charge in [0, 0.05) is 17.1 Å². The number of aromatic nitrogens is 2. The minimum Gasteiger partial charge on any atom is -0.384 e. The third kappa shape index (κ3) is 3.41. The molecule has 1 heterocycles. The Bertz CT molecular complexity index is 698. The van der Waals surface area contributed by atoms with Crippen LogP contribution < -0.4 is 5.32 Å². The van der Waals surface area contributed by atoms with Crippen LogP contribution in [0.1, 0.15) is 27.3 Å². The molecule has 0 fully saturated rings. The maximum atomic E-state index is 12.2. The highest BCUT2D eigenvalue weighted by atomic mass is 32.1. The number of nitrogens with zero attached hydrogens (tertiary/aromatic N) is 2. The molecule has 2 rings (SSSR count). The van der Waals surface area contributed by atoms with Crippen LogP contribution in [-0.4, -0.2) is 27.0 Å². The van der Waals surface area contributed by atoms with E-state index in [0.29, 0.717) is 22.1 Å². The summed E-state index contributed by atoms with van der Waals surface area (Å²) in [7, 11) is 0. The van der Waals surface area contributed by atoms with Crippen molar-refractivity contribution in [3.63, 3.8) is 0 Å². The second kappa shape index (κ2) is 6.28. The summed E-state index contributed by atoms with van der Waals surface area (Å²) < 4.78 is 4.00. The number of hydrogen-bond acceptors (Lipinski definition) is 5. The van der Waals surface area contributed by atoms with Gasteiger partial charge >= 0.3 is 0 Å². The molecule has 0 atom stereocenters. The van der Waals surface area contributed by atoms with Crippen molar-refractivity contribution in [1.82, 2.24) is 9.36 Å². The number of nitrogens with one attached hydrogen (secondary N) is 1. The third-order valence-electron chi connectivity index (χ3n) is 2.47. The normalized spacial score (nSPS) is 9.75. The van der Waals surface area contributed by atoms with E-state index in [9.17, 15) is 4.79 Å². The maximum absolute atomic E-state index is 12.2. The van der Waals surface area contributed by atoms with Gasteiger partial charge in [-0.05, 0) is 31.5 Å². The van der Waals surface area contributed by atoms with Crippen LogP contribution in [0.2, 0.25) is 0 Å². The molecular formula is C14H13N3O2S. The topological polar surface area (TPSA) is 75.1 Å². The number of anilines is 1. The number of benzene rings is 1. The maximum Gasteiger partial charge on any atom is 0.258 e. The highest BCUT2D eigenvalue weighted by Crippen LogP contribution is 2.15. The minimum atomic E-state index is -0.289. The van der Waals surface area contributed by atoms with Crippen LogP contribution in [0.3, 0.4) is 0 Å². The van der Waals surface area contributed by atoms with Crippen molar-refractivity contribution in [2.24, 2.45) is 0 Å². The number of aliphatic hydroxyl groups excluding tert-OH is 1. The standard InChI is InChI=1S/C14H13N3O2S/c1-9-5-6-12(11(8-9)4-3-7-18)13(19)16-14-15-10(2)17-20-14/h5-6,8,18H,7H2,1-2H3,(H,15,16,17,19). The molecule has 6 heteroatoms. The van der Waals surface area contributed by atoms with Crippen LogP contribution in [0.4, 0.5) is 5.13 Å². The zero-order chi connectivity index (χ0) is 14.5. The van der Waals surface area contributed by atoms with Gasteiger partial charge in [-0.2, -0.15) is 4.37 Å². The highest BCUT2D eigenvalue weighted by molar-refractivity contribution is 7.09. The number of hydrogen-bond donors (Lipinski definition) is 2. The van der Waals surface area contributed by atoms with Gasteiger partial charge in [0.05, 0.1) is 5.56 Å². The second-order valence-electron chi connectivity index (χ2n) is 4.11. The van der Waals surface area contributed by atoms with E-state index in [-0.39, 0.29) is 12.5 Å². The molecule has 0 radical (unpaired) electrons. The van der Waals surface area contributed by atoms with E-state index in [4.69, 9.17) is 5.11 Å². The number of aryl methyl sites for hydroxylation is 2. The van der Waals surface area contributed by atoms with Crippen LogP contribution >= 0.6 is 11.5 Å². The lowest BCUT2D eigenvalue weighted by atomic mass is 10.0. The van der Waals surface area contributed by atoms with Gasteiger partial charge in [-0.25, -0.2) is 4.98 Å². The summed E-state index contributed by atoms with van der Waals surface area (Å²) in [6.45, 7) is 3.43. The van der Waals surface area contributed by atoms with Gasteiger partial charge in [0.15, 0.2) is 0 Å². The van der Waals surface area contributed by atoms with E-state index in [1.165, 1.54) is 0 Å². The SMILES string of the molecule is Cc1ccc(C(=O)Nc2nc(C)ns2)c(C#CCO)c1. The molecule has 0 bridgehead atoms. The van der Waals surface area contributed by atoms with Gasteiger partial charge < -0.3 is 5.11 Å². The molecule has 2 aromatic rings. The fourth-order valence-corrected chi connectivity index (χ4v) is 2.18. The quantitative estimate of drug-likeness (QED) is 0.825. The van der Waals surface area contributed by atoms with Crippen molar-refractivity contribution in [2.75, 3.05) is 11.9 Å². The molecule has 102 valence electrons. The first kappa shape index (κ1) is 14.2. The summed E-state index contributed by atoms with van der Waals surface area (Å²) in [4.78, 5) is 16.3. The Kier molecular flexibility index (Phi) is 4.45. The van der Waals surface area contributed by atoms with Crippen LogP contribution in [0.25, 0.3) is 0 Å². The average Bonchev–Trinajstić information content (AvgIpc) is 2.81.